The molecule has 0 heterocycles. The number of hydrogen-bond acceptors (Lipinski definition) is 3. The van der Waals surface area contributed by atoms with Crippen LogP contribution in [0, 0.1) is 0 Å². The van der Waals surface area contributed by atoms with Crippen molar-refractivity contribution < 1.29 is 14.3 Å². The summed E-state index contributed by atoms with van der Waals surface area (Å²) >= 11 is 0. The maximum atomic E-state index is 11.3. The molecule has 0 aliphatic heterocycles. The summed E-state index contributed by atoms with van der Waals surface area (Å²) in [6, 6.07) is 9.61. The van der Waals surface area contributed by atoms with E-state index in [0.29, 0.717) is 6.61 Å². The molecule has 0 fully saturated rings. The molecule has 0 N–H and O–H groups in total. The molecule has 0 unspecified atom stereocenters. The normalized spacial score (nSPS) is 11.0. The van der Waals surface area contributed by atoms with Crippen LogP contribution in [0.15, 0.2) is 36.4 Å². The Morgan fingerprint density at radius 3 is 2.59 bits per heavy atom. The summed E-state index contributed by atoms with van der Waals surface area (Å²) in [5, 5.41) is 0. The molecule has 17 heavy (non-hydrogen) atoms. The van der Waals surface area contributed by atoms with E-state index in [0.717, 1.165) is 5.56 Å². The molecular weight excluding hydrogens is 216 g/mol. The first-order chi connectivity index (χ1) is 8.18. The van der Waals surface area contributed by atoms with Gasteiger partial charge in [0.2, 0.25) is 0 Å². The third-order valence-electron chi connectivity index (χ3n) is 1.99. The van der Waals surface area contributed by atoms with Gasteiger partial charge in [0.25, 0.3) is 0 Å². The van der Waals surface area contributed by atoms with Crippen molar-refractivity contribution in [2.75, 3.05) is 13.2 Å². The van der Waals surface area contributed by atoms with Gasteiger partial charge in [0, 0.05) is 6.08 Å². The molecule has 3 heteroatoms. The monoisotopic (exact) mass is 234 g/mol. The number of benzene rings is 1. The minimum absolute atomic E-state index is 0.161. The van der Waals surface area contributed by atoms with E-state index in [9.17, 15) is 4.79 Å². The number of carbonyl (C=O) groups is 1. The van der Waals surface area contributed by atoms with Gasteiger partial charge >= 0.3 is 5.97 Å². The maximum absolute atomic E-state index is 11.3. The molecule has 1 aromatic carbocycles. The van der Waals surface area contributed by atoms with E-state index in [2.05, 4.69) is 0 Å². The zero-order chi connectivity index (χ0) is 12.5. The van der Waals surface area contributed by atoms with Crippen LogP contribution in [0.3, 0.4) is 0 Å². The second-order valence-electron chi connectivity index (χ2n) is 3.83. The summed E-state index contributed by atoms with van der Waals surface area (Å²) in [7, 11) is 0. The van der Waals surface area contributed by atoms with Crippen molar-refractivity contribution in [1.29, 1.82) is 0 Å². The fourth-order valence-corrected chi connectivity index (χ4v) is 1.20. The van der Waals surface area contributed by atoms with Crippen LogP contribution >= 0.6 is 0 Å². The van der Waals surface area contributed by atoms with Crippen molar-refractivity contribution >= 4 is 12.0 Å². The Bertz CT molecular complexity index is 355. The van der Waals surface area contributed by atoms with Crippen LogP contribution in [0.2, 0.25) is 0 Å². The average molecular weight is 234 g/mol. The van der Waals surface area contributed by atoms with Gasteiger partial charge in [-0.15, -0.1) is 0 Å². The number of rotatable bonds is 6. The highest BCUT2D eigenvalue weighted by atomic mass is 16.6. The Hall–Kier alpha value is -1.61. The summed E-state index contributed by atoms with van der Waals surface area (Å²) in [4.78, 5) is 11.3. The Kier molecular flexibility index (Phi) is 6.04. The van der Waals surface area contributed by atoms with Gasteiger partial charge < -0.3 is 9.47 Å². The van der Waals surface area contributed by atoms with E-state index < -0.39 is 0 Å². The molecule has 0 saturated heterocycles. The van der Waals surface area contributed by atoms with Crippen molar-refractivity contribution in [2.24, 2.45) is 0 Å². The molecule has 0 aromatic heterocycles. The highest BCUT2D eigenvalue weighted by Crippen LogP contribution is 2.01. The number of hydrogen-bond donors (Lipinski definition) is 0. The molecule has 1 rings (SSSR count). The largest absolute Gasteiger partial charge is 0.460 e. The predicted molar refractivity (Wildman–Crippen MR) is 67.5 cm³/mol. The molecule has 0 amide bonds. The number of esters is 1. The summed E-state index contributed by atoms with van der Waals surface area (Å²) in [5.41, 5.74) is 0.975. The predicted octanol–water partition coefficient (Wildman–Crippen LogP) is 2.67. The van der Waals surface area contributed by atoms with E-state index >= 15 is 0 Å². The summed E-state index contributed by atoms with van der Waals surface area (Å²) < 4.78 is 10.2. The second-order valence-corrected chi connectivity index (χ2v) is 3.83. The van der Waals surface area contributed by atoms with E-state index in [1.807, 2.05) is 44.2 Å². The minimum Gasteiger partial charge on any atom is -0.460 e. The van der Waals surface area contributed by atoms with Crippen LogP contribution in [0.25, 0.3) is 6.08 Å². The van der Waals surface area contributed by atoms with Gasteiger partial charge in [-0.3, -0.25) is 0 Å². The van der Waals surface area contributed by atoms with Gasteiger partial charge in [-0.1, -0.05) is 30.3 Å². The first-order valence-corrected chi connectivity index (χ1v) is 5.70. The molecule has 0 radical (unpaired) electrons. The smallest absolute Gasteiger partial charge is 0.330 e. The van der Waals surface area contributed by atoms with Gasteiger partial charge in [0.05, 0.1) is 12.7 Å². The van der Waals surface area contributed by atoms with E-state index in [1.165, 1.54) is 6.08 Å². The lowest BCUT2D eigenvalue weighted by Gasteiger charge is -2.06. The van der Waals surface area contributed by atoms with Crippen LogP contribution in [0.4, 0.5) is 0 Å². The van der Waals surface area contributed by atoms with Crippen LogP contribution in [0.1, 0.15) is 19.4 Å². The Labute approximate surface area is 102 Å². The van der Waals surface area contributed by atoms with Gasteiger partial charge in [0.1, 0.15) is 6.61 Å². The third-order valence-corrected chi connectivity index (χ3v) is 1.99. The molecule has 0 bridgehead atoms. The van der Waals surface area contributed by atoms with Crippen molar-refractivity contribution in [3.05, 3.63) is 42.0 Å². The van der Waals surface area contributed by atoms with Crippen LogP contribution in [0.5, 0.6) is 0 Å². The van der Waals surface area contributed by atoms with Crippen molar-refractivity contribution in [1.82, 2.24) is 0 Å². The highest BCUT2D eigenvalue weighted by molar-refractivity contribution is 5.86. The molecule has 0 aliphatic rings. The van der Waals surface area contributed by atoms with E-state index in [-0.39, 0.29) is 18.7 Å². The molecule has 0 aliphatic carbocycles. The molecule has 0 atom stereocenters. The lowest BCUT2D eigenvalue weighted by molar-refractivity contribution is -0.139. The highest BCUT2D eigenvalue weighted by Gasteiger charge is 1.98. The third kappa shape index (κ3) is 6.53. The Morgan fingerprint density at radius 2 is 1.94 bits per heavy atom. The van der Waals surface area contributed by atoms with Crippen LogP contribution in [-0.4, -0.2) is 25.3 Å². The first kappa shape index (κ1) is 13.5. The summed E-state index contributed by atoms with van der Waals surface area (Å²) in [6.07, 6.45) is 3.31. The quantitative estimate of drug-likeness (QED) is 0.431. The van der Waals surface area contributed by atoms with Gasteiger partial charge in [0.15, 0.2) is 0 Å². The zero-order valence-corrected chi connectivity index (χ0v) is 10.3. The van der Waals surface area contributed by atoms with Crippen LogP contribution < -0.4 is 0 Å². The van der Waals surface area contributed by atoms with Gasteiger partial charge in [-0.2, -0.15) is 0 Å². The average Bonchev–Trinajstić information content (AvgIpc) is 2.33. The maximum Gasteiger partial charge on any atom is 0.330 e. The lowest BCUT2D eigenvalue weighted by atomic mass is 10.2. The molecular formula is C14H18O3. The second kappa shape index (κ2) is 7.63. The number of carbonyl (C=O) groups excluding carboxylic acids is 1. The fraction of sp³-hybridized carbons (Fsp3) is 0.357. The van der Waals surface area contributed by atoms with Crippen LogP contribution in [-0.2, 0) is 14.3 Å². The van der Waals surface area contributed by atoms with E-state index in [1.54, 1.807) is 6.08 Å². The van der Waals surface area contributed by atoms with Gasteiger partial charge in [-0.25, -0.2) is 4.79 Å². The summed E-state index contributed by atoms with van der Waals surface area (Å²) in [5.74, 6) is -0.346. The van der Waals surface area contributed by atoms with Crippen molar-refractivity contribution in [3.63, 3.8) is 0 Å². The lowest BCUT2D eigenvalue weighted by Crippen LogP contribution is -2.11. The van der Waals surface area contributed by atoms with E-state index in [4.69, 9.17) is 9.47 Å². The molecule has 1 aromatic rings. The first-order valence-electron chi connectivity index (χ1n) is 5.70. The minimum atomic E-state index is -0.346. The molecule has 0 saturated carbocycles. The fourth-order valence-electron chi connectivity index (χ4n) is 1.20. The molecule has 3 nitrogen and oxygen atoms in total. The topological polar surface area (TPSA) is 35.5 Å². The van der Waals surface area contributed by atoms with Crippen molar-refractivity contribution in [3.8, 4) is 0 Å². The van der Waals surface area contributed by atoms with Gasteiger partial charge in [-0.05, 0) is 25.5 Å². The molecule has 92 valence electrons. The standard InChI is InChI=1S/C14H18O3/c1-12(2)16-10-11-17-14(15)9-8-13-6-4-3-5-7-13/h3-9,12H,10-11H2,1-2H3/b9-8+. The Balaban J connectivity index is 2.23. The zero-order valence-electron chi connectivity index (χ0n) is 10.3. The summed E-state index contributed by atoms with van der Waals surface area (Å²) in [6.45, 7) is 4.60. The molecule has 0 spiro atoms. The Morgan fingerprint density at radius 1 is 1.24 bits per heavy atom. The number of ether oxygens (including phenoxy) is 2. The van der Waals surface area contributed by atoms with Crippen molar-refractivity contribution in [2.45, 2.75) is 20.0 Å². The SMILES string of the molecule is CC(C)OCCOC(=O)/C=C/c1ccccc1.